The molecule has 0 radical (unpaired) electrons. The van der Waals surface area contributed by atoms with Crippen LogP contribution in [0.4, 0.5) is 23.5 Å². The summed E-state index contributed by atoms with van der Waals surface area (Å²) in [6, 6.07) is 5.16. The van der Waals surface area contributed by atoms with Crippen LogP contribution >= 0.6 is 23.2 Å². The molecule has 0 fully saturated rings. The van der Waals surface area contributed by atoms with E-state index in [4.69, 9.17) is 23.2 Å². The van der Waals surface area contributed by atoms with Crippen LogP contribution in [0.5, 0.6) is 0 Å². The van der Waals surface area contributed by atoms with Gasteiger partial charge in [-0.15, -0.1) is 0 Å². The van der Waals surface area contributed by atoms with Gasteiger partial charge in [-0.1, -0.05) is 23.2 Å². The van der Waals surface area contributed by atoms with Gasteiger partial charge >= 0.3 is 0 Å². The molecule has 0 aliphatic carbocycles. The molecule has 0 spiro atoms. The van der Waals surface area contributed by atoms with Gasteiger partial charge in [0.1, 0.15) is 0 Å². The SMILES string of the molecule is CCNc1nc(Nc2cc(Cl)cc(Cl)c2)nc(N(C)C)n1. The molecule has 112 valence electrons. The van der Waals surface area contributed by atoms with Crippen LogP contribution in [0.15, 0.2) is 18.2 Å². The van der Waals surface area contributed by atoms with Crippen molar-refractivity contribution in [1.82, 2.24) is 15.0 Å². The quantitative estimate of drug-likeness (QED) is 0.877. The molecule has 1 aromatic carbocycles. The summed E-state index contributed by atoms with van der Waals surface area (Å²) in [5.41, 5.74) is 0.714. The normalized spacial score (nSPS) is 10.3. The fourth-order valence-corrected chi connectivity index (χ4v) is 2.14. The van der Waals surface area contributed by atoms with Crippen LogP contribution in [-0.2, 0) is 0 Å². The smallest absolute Gasteiger partial charge is 0.233 e. The summed E-state index contributed by atoms with van der Waals surface area (Å²) < 4.78 is 0. The summed E-state index contributed by atoms with van der Waals surface area (Å²) in [5, 5.41) is 7.23. The fourth-order valence-electron chi connectivity index (χ4n) is 1.61. The Hall–Kier alpha value is -1.79. The number of halogens is 2. The van der Waals surface area contributed by atoms with Crippen molar-refractivity contribution in [2.75, 3.05) is 36.2 Å². The Bertz CT molecular complexity index is 612. The third-order valence-corrected chi connectivity index (χ3v) is 2.91. The minimum absolute atomic E-state index is 0.419. The molecular weight excluding hydrogens is 311 g/mol. The third-order valence-electron chi connectivity index (χ3n) is 2.48. The van der Waals surface area contributed by atoms with Gasteiger partial charge < -0.3 is 15.5 Å². The highest BCUT2D eigenvalue weighted by Crippen LogP contribution is 2.24. The molecule has 1 aromatic heterocycles. The van der Waals surface area contributed by atoms with E-state index in [0.29, 0.717) is 33.6 Å². The van der Waals surface area contributed by atoms with Gasteiger partial charge in [0.25, 0.3) is 0 Å². The van der Waals surface area contributed by atoms with Gasteiger partial charge in [0.05, 0.1) is 0 Å². The minimum Gasteiger partial charge on any atom is -0.354 e. The maximum absolute atomic E-state index is 5.98. The highest BCUT2D eigenvalue weighted by Gasteiger charge is 2.08. The van der Waals surface area contributed by atoms with E-state index in [2.05, 4.69) is 25.6 Å². The summed E-state index contributed by atoms with van der Waals surface area (Å²) in [5.74, 6) is 1.48. The molecule has 6 nitrogen and oxygen atoms in total. The largest absolute Gasteiger partial charge is 0.354 e. The maximum atomic E-state index is 5.98. The van der Waals surface area contributed by atoms with Crippen molar-refractivity contribution in [3.05, 3.63) is 28.2 Å². The highest BCUT2D eigenvalue weighted by molar-refractivity contribution is 6.35. The zero-order valence-corrected chi connectivity index (χ0v) is 13.5. The number of nitrogens with one attached hydrogen (secondary N) is 2. The topological polar surface area (TPSA) is 66.0 Å². The Morgan fingerprint density at radius 2 is 1.62 bits per heavy atom. The molecule has 0 aliphatic rings. The molecule has 0 aliphatic heterocycles. The van der Waals surface area contributed by atoms with Crippen molar-refractivity contribution >= 4 is 46.7 Å². The van der Waals surface area contributed by atoms with Crippen LogP contribution in [-0.4, -0.2) is 35.6 Å². The lowest BCUT2D eigenvalue weighted by Gasteiger charge is -2.14. The molecule has 2 aromatic rings. The number of benzene rings is 1. The maximum Gasteiger partial charge on any atom is 0.233 e. The van der Waals surface area contributed by atoms with Crippen molar-refractivity contribution in [2.45, 2.75) is 6.92 Å². The van der Waals surface area contributed by atoms with Crippen molar-refractivity contribution in [1.29, 1.82) is 0 Å². The van der Waals surface area contributed by atoms with E-state index in [0.717, 1.165) is 6.54 Å². The molecule has 8 heteroatoms. The summed E-state index contributed by atoms with van der Waals surface area (Å²) >= 11 is 12.0. The highest BCUT2D eigenvalue weighted by atomic mass is 35.5. The van der Waals surface area contributed by atoms with Crippen LogP contribution in [0.3, 0.4) is 0 Å². The van der Waals surface area contributed by atoms with Gasteiger partial charge in [0.2, 0.25) is 17.8 Å². The van der Waals surface area contributed by atoms with E-state index >= 15 is 0 Å². The predicted molar refractivity (Wildman–Crippen MR) is 88.1 cm³/mol. The molecule has 0 atom stereocenters. The lowest BCUT2D eigenvalue weighted by atomic mass is 10.3. The average molecular weight is 327 g/mol. The molecule has 0 unspecified atom stereocenters. The molecular formula is C13H16Cl2N6. The number of hydrogen-bond acceptors (Lipinski definition) is 6. The van der Waals surface area contributed by atoms with E-state index in [-0.39, 0.29) is 0 Å². The van der Waals surface area contributed by atoms with Crippen molar-refractivity contribution in [2.24, 2.45) is 0 Å². The first-order valence-corrected chi connectivity index (χ1v) is 7.14. The van der Waals surface area contributed by atoms with Crippen molar-refractivity contribution in [3.63, 3.8) is 0 Å². The van der Waals surface area contributed by atoms with Crippen LogP contribution in [0.25, 0.3) is 0 Å². The Balaban J connectivity index is 2.33. The summed E-state index contributed by atoms with van der Waals surface area (Å²) in [4.78, 5) is 14.7. The molecule has 0 bridgehead atoms. The second-order valence-electron chi connectivity index (χ2n) is 4.49. The second kappa shape index (κ2) is 6.78. The van der Waals surface area contributed by atoms with Crippen LogP contribution in [0, 0.1) is 0 Å². The van der Waals surface area contributed by atoms with Crippen LogP contribution in [0.1, 0.15) is 6.92 Å². The zero-order valence-electron chi connectivity index (χ0n) is 12.0. The van der Waals surface area contributed by atoms with Crippen LogP contribution in [0.2, 0.25) is 10.0 Å². The molecule has 1 heterocycles. The number of nitrogens with zero attached hydrogens (tertiary/aromatic N) is 4. The number of rotatable bonds is 5. The molecule has 2 N–H and O–H groups in total. The predicted octanol–water partition coefficient (Wildman–Crippen LogP) is 3.42. The lowest BCUT2D eigenvalue weighted by molar-refractivity contribution is 0.953. The van der Waals surface area contributed by atoms with Gasteiger partial charge in [0, 0.05) is 36.4 Å². The summed E-state index contributed by atoms with van der Waals surface area (Å²) in [6.45, 7) is 2.70. The Morgan fingerprint density at radius 1 is 1.00 bits per heavy atom. The first kappa shape index (κ1) is 15.6. The Kier molecular flexibility index (Phi) is 5.03. The molecule has 0 saturated carbocycles. The van der Waals surface area contributed by atoms with E-state index in [1.807, 2.05) is 21.0 Å². The van der Waals surface area contributed by atoms with Crippen molar-refractivity contribution < 1.29 is 0 Å². The number of aromatic nitrogens is 3. The van der Waals surface area contributed by atoms with Gasteiger partial charge in [-0.3, -0.25) is 0 Å². The lowest BCUT2D eigenvalue weighted by Crippen LogP contribution is -2.16. The fraction of sp³-hybridized carbons (Fsp3) is 0.308. The van der Waals surface area contributed by atoms with Gasteiger partial charge in [-0.05, 0) is 25.1 Å². The second-order valence-corrected chi connectivity index (χ2v) is 5.36. The molecule has 21 heavy (non-hydrogen) atoms. The first-order chi connectivity index (χ1) is 9.97. The third kappa shape index (κ3) is 4.34. The molecule has 0 saturated heterocycles. The first-order valence-electron chi connectivity index (χ1n) is 6.38. The van der Waals surface area contributed by atoms with Crippen molar-refractivity contribution in [3.8, 4) is 0 Å². The van der Waals surface area contributed by atoms with E-state index in [1.54, 1.807) is 23.1 Å². The monoisotopic (exact) mass is 326 g/mol. The molecule has 2 rings (SSSR count). The molecule has 0 amide bonds. The van der Waals surface area contributed by atoms with Gasteiger partial charge in [-0.2, -0.15) is 15.0 Å². The standard InChI is InChI=1S/C13H16Cl2N6/c1-4-16-11-18-12(20-13(19-11)21(2)3)17-10-6-8(14)5-9(15)7-10/h5-7H,4H2,1-3H3,(H2,16,17,18,19,20). The van der Waals surface area contributed by atoms with Gasteiger partial charge in [-0.25, -0.2) is 0 Å². The Labute approximate surface area is 133 Å². The average Bonchev–Trinajstić information content (AvgIpc) is 2.37. The zero-order chi connectivity index (χ0) is 15.4. The van der Waals surface area contributed by atoms with E-state index in [9.17, 15) is 0 Å². The summed E-state index contributed by atoms with van der Waals surface area (Å²) in [6.07, 6.45) is 0. The number of hydrogen-bond donors (Lipinski definition) is 2. The van der Waals surface area contributed by atoms with Crippen LogP contribution < -0.4 is 15.5 Å². The summed E-state index contributed by atoms with van der Waals surface area (Å²) in [7, 11) is 3.73. The Morgan fingerprint density at radius 3 is 2.19 bits per heavy atom. The minimum atomic E-state index is 0.419. The van der Waals surface area contributed by atoms with Gasteiger partial charge in [0.15, 0.2) is 0 Å². The van der Waals surface area contributed by atoms with E-state index < -0.39 is 0 Å². The number of anilines is 4. The van der Waals surface area contributed by atoms with E-state index in [1.165, 1.54) is 0 Å².